The van der Waals surface area contributed by atoms with Crippen LogP contribution in [0.1, 0.15) is 39.3 Å². The predicted molar refractivity (Wildman–Crippen MR) is 79.6 cm³/mol. The van der Waals surface area contributed by atoms with Crippen LogP contribution in [-0.4, -0.2) is 35.4 Å². The maximum Gasteiger partial charge on any atom is 0.251 e. The van der Waals surface area contributed by atoms with Gasteiger partial charge in [0, 0.05) is 24.4 Å². The van der Waals surface area contributed by atoms with Crippen LogP contribution in [0, 0.1) is 11.5 Å². The number of nitrogens with zero attached hydrogens (tertiary/aromatic N) is 4. The topological polar surface area (TPSA) is 60.2 Å². The molecule has 108 valence electrons. The molecule has 2 rings (SSSR count). The minimum atomic E-state index is -0.327. The number of anilines is 1. The minimum Gasteiger partial charge on any atom is -0.298 e. The predicted octanol–water partition coefficient (Wildman–Crippen LogP) is 2.35. The molecule has 1 fully saturated rings. The fraction of sp³-hybridized carbons (Fsp3) is 0.643. The molecule has 0 spiro atoms. The number of likely N-dealkylation sites (N-methyl/N-ethyl adjacent to an activating group) is 1. The van der Waals surface area contributed by atoms with E-state index >= 15 is 0 Å². The molecule has 1 aliphatic rings. The van der Waals surface area contributed by atoms with Gasteiger partial charge < -0.3 is 0 Å². The molecule has 0 aliphatic carbocycles. The van der Waals surface area contributed by atoms with Crippen LogP contribution >= 0.6 is 11.3 Å². The Labute approximate surface area is 123 Å². The molecule has 1 aromatic heterocycles. The number of hydrogen-bond donors (Lipinski definition) is 0. The van der Waals surface area contributed by atoms with Crippen molar-refractivity contribution in [1.29, 1.82) is 5.26 Å². The molecular formula is C14H20N4OS. The van der Waals surface area contributed by atoms with Gasteiger partial charge in [-0.1, -0.05) is 20.8 Å². The maximum absolute atomic E-state index is 12.5. The lowest BCUT2D eigenvalue weighted by Crippen LogP contribution is -2.42. The minimum absolute atomic E-state index is 0.0231. The first-order chi connectivity index (χ1) is 9.34. The van der Waals surface area contributed by atoms with Gasteiger partial charge in [0.2, 0.25) is 0 Å². The van der Waals surface area contributed by atoms with Crippen molar-refractivity contribution < 1.29 is 4.79 Å². The van der Waals surface area contributed by atoms with E-state index in [2.05, 4.69) is 31.9 Å². The van der Waals surface area contributed by atoms with E-state index < -0.39 is 0 Å². The molecule has 0 unspecified atom stereocenters. The van der Waals surface area contributed by atoms with Gasteiger partial charge in [0.1, 0.15) is 6.04 Å². The van der Waals surface area contributed by atoms with E-state index in [0.717, 1.165) is 18.5 Å². The summed E-state index contributed by atoms with van der Waals surface area (Å²) in [6.45, 7) is 6.97. The molecular weight excluding hydrogens is 272 g/mol. The molecule has 1 amide bonds. The van der Waals surface area contributed by atoms with Crippen molar-refractivity contribution >= 4 is 22.4 Å². The van der Waals surface area contributed by atoms with Gasteiger partial charge in [-0.25, -0.2) is 4.98 Å². The Balaban J connectivity index is 2.15. The van der Waals surface area contributed by atoms with E-state index in [1.165, 1.54) is 11.3 Å². The zero-order chi connectivity index (χ0) is 14.9. The van der Waals surface area contributed by atoms with Crippen LogP contribution in [0.4, 0.5) is 5.13 Å². The molecule has 0 saturated carbocycles. The Morgan fingerprint density at radius 1 is 1.60 bits per heavy atom. The number of nitriles is 1. The van der Waals surface area contributed by atoms with Gasteiger partial charge in [-0.05, 0) is 12.8 Å². The van der Waals surface area contributed by atoms with Gasteiger partial charge in [0.15, 0.2) is 11.3 Å². The highest BCUT2D eigenvalue weighted by molar-refractivity contribution is 7.14. The van der Waals surface area contributed by atoms with Gasteiger partial charge >= 0.3 is 0 Å². The number of aromatic nitrogens is 1. The Hall–Kier alpha value is -1.61. The van der Waals surface area contributed by atoms with Crippen molar-refractivity contribution in [1.82, 2.24) is 9.88 Å². The number of thiazole rings is 1. The third-order valence-electron chi connectivity index (χ3n) is 3.54. The average molecular weight is 292 g/mol. The lowest BCUT2D eigenvalue weighted by atomic mass is 9.93. The lowest BCUT2D eigenvalue weighted by molar-refractivity contribution is -0.121. The van der Waals surface area contributed by atoms with Crippen LogP contribution in [-0.2, 0) is 10.2 Å². The first-order valence-corrected chi connectivity index (χ1v) is 7.62. The van der Waals surface area contributed by atoms with Gasteiger partial charge in [-0.15, -0.1) is 11.3 Å². The van der Waals surface area contributed by atoms with Gasteiger partial charge in [0.05, 0.1) is 5.69 Å². The molecule has 1 aliphatic heterocycles. The smallest absolute Gasteiger partial charge is 0.251 e. The van der Waals surface area contributed by atoms with Crippen LogP contribution < -0.4 is 4.90 Å². The second-order valence-electron chi connectivity index (χ2n) is 6.11. The quantitative estimate of drug-likeness (QED) is 0.785. The van der Waals surface area contributed by atoms with E-state index in [1.807, 2.05) is 5.38 Å². The first-order valence-electron chi connectivity index (χ1n) is 6.74. The summed E-state index contributed by atoms with van der Waals surface area (Å²) >= 11 is 1.47. The number of hydrogen-bond acceptors (Lipinski definition) is 5. The Morgan fingerprint density at radius 2 is 2.30 bits per heavy atom. The van der Waals surface area contributed by atoms with Crippen LogP contribution in [0.5, 0.6) is 0 Å². The van der Waals surface area contributed by atoms with Crippen molar-refractivity contribution in [2.45, 2.75) is 45.1 Å². The Morgan fingerprint density at radius 3 is 2.85 bits per heavy atom. The van der Waals surface area contributed by atoms with E-state index in [1.54, 1.807) is 16.8 Å². The van der Waals surface area contributed by atoms with Gasteiger partial charge in [0.25, 0.3) is 5.91 Å². The summed E-state index contributed by atoms with van der Waals surface area (Å²) in [6.07, 6.45) is 3.74. The largest absolute Gasteiger partial charge is 0.298 e. The van der Waals surface area contributed by atoms with Gasteiger partial charge in [-0.2, -0.15) is 5.26 Å². The molecule has 6 heteroatoms. The van der Waals surface area contributed by atoms with Crippen molar-refractivity contribution in [2.75, 3.05) is 18.5 Å². The molecule has 0 N–H and O–H groups in total. The van der Waals surface area contributed by atoms with E-state index in [-0.39, 0.29) is 17.4 Å². The van der Waals surface area contributed by atoms with E-state index in [4.69, 9.17) is 5.26 Å². The molecule has 1 saturated heterocycles. The number of carbonyl (C=O) groups is 1. The van der Waals surface area contributed by atoms with Crippen LogP contribution in [0.2, 0.25) is 0 Å². The molecule has 1 atom stereocenters. The first kappa shape index (κ1) is 14.8. The highest BCUT2D eigenvalue weighted by Gasteiger charge is 2.33. The van der Waals surface area contributed by atoms with E-state index in [0.29, 0.717) is 11.7 Å². The number of likely N-dealkylation sites (tertiary alicyclic amines) is 1. The normalized spacial score (nSPS) is 18.9. The molecule has 5 nitrogen and oxygen atoms in total. The summed E-state index contributed by atoms with van der Waals surface area (Å²) in [5.74, 6) is -0.0427. The number of rotatable bonds is 2. The highest BCUT2D eigenvalue weighted by atomic mass is 32.1. The molecule has 0 bridgehead atoms. The average Bonchev–Trinajstić information content (AvgIpc) is 3.04. The molecule has 20 heavy (non-hydrogen) atoms. The molecule has 1 aromatic rings. The molecule has 2 heterocycles. The summed E-state index contributed by atoms with van der Waals surface area (Å²) in [4.78, 5) is 20.2. The summed E-state index contributed by atoms with van der Waals surface area (Å²) in [5.41, 5.74) is 0.964. The standard InChI is InChI=1S/C14H20N4OS/c1-14(2,3)11-8-20-13(16-11)17(4)12(19)10-6-5-7-18(10)9-15/h8,10H,5-7H2,1-4H3/t10-/m0/s1. The van der Waals surface area contributed by atoms with Crippen molar-refractivity contribution in [3.05, 3.63) is 11.1 Å². The van der Waals surface area contributed by atoms with Crippen molar-refractivity contribution in [3.63, 3.8) is 0 Å². The van der Waals surface area contributed by atoms with Crippen molar-refractivity contribution in [2.24, 2.45) is 0 Å². The molecule has 0 radical (unpaired) electrons. The summed E-state index contributed by atoms with van der Waals surface area (Å²) in [6, 6.07) is -0.327. The fourth-order valence-corrected chi connectivity index (χ4v) is 3.25. The van der Waals surface area contributed by atoms with Crippen molar-refractivity contribution in [3.8, 4) is 6.19 Å². The van der Waals surface area contributed by atoms with Crippen LogP contribution in [0.3, 0.4) is 0 Å². The van der Waals surface area contributed by atoms with Crippen LogP contribution in [0.25, 0.3) is 0 Å². The fourth-order valence-electron chi connectivity index (χ4n) is 2.22. The highest BCUT2D eigenvalue weighted by Crippen LogP contribution is 2.29. The third kappa shape index (κ3) is 2.78. The monoisotopic (exact) mass is 292 g/mol. The van der Waals surface area contributed by atoms with Gasteiger partial charge in [-0.3, -0.25) is 14.6 Å². The maximum atomic E-state index is 12.5. The second kappa shape index (κ2) is 5.41. The lowest BCUT2D eigenvalue weighted by Gasteiger charge is -2.22. The Bertz CT molecular complexity index is 540. The zero-order valence-electron chi connectivity index (χ0n) is 12.4. The SMILES string of the molecule is CN(C(=O)[C@@H]1CCCN1C#N)c1nc(C(C)(C)C)cs1. The summed E-state index contributed by atoms with van der Waals surface area (Å²) < 4.78 is 0. The third-order valence-corrected chi connectivity index (χ3v) is 4.46. The summed E-state index contributed by atoms with van der Waals surface area (Å²) in [5, 5.41) is 11.7. The Kier molecular flexibility index (Phi) is 4.00. The number of carbonyl (C=O) groups excluding carboxylic acids is 1. The van der Waals surface area contributed by atoms with E-state index in [9.17, 15) is 4.79 Å². The number of amides is 1. The summed E-state index contributed by atoms with van der Waals surface area (Å²) in [7, 11) is 1.74. The molecule has 0 aromatic carbocycles. The zero-order valence-corrected chi connectivity index (χ0v) is 13.2. The van der Waals surface area contributed by atoms with Crippen LogP contribution in [0.15, 0.2) is 5.38 Å². The second-order valence-corrected chi connectivity index (χ2v) is 6.95.